The Morgan fingerprint density at radius 1 is 1.10 bits per heavy atom. The van der Waals surface area contributed by atoms with Gasteiger partial charge in [-0.25, -0.2) is 4.79 Å². The largest absolute Gasteiger partial charge is 0.330 e. The van der Waals surface area contributed by atoms with E-state index in [0.717, 1.165) is 4.57 Å². The highest BCUT2D eigenvalue weighted by Gasteiger charge is 2.21. The Labute approximate surface area is 123 Å². The summed E-state index contributed by atoms with van der Waals surface area (Å²) in [5.74, 6) is -0.397. The molecule has 2 rings (SSSR count). The number of aromatic nitrogens is 2. The molecule has 0 saturated carbocycles. The molecular formula is C14H13BrN2O3. The van der Waals surface area contributed by atoms with Gasteiger partial charge >= 0.3 is 5.69 Å². The van der Waals surface area contributed by atoms with Crippen LogP contribution in [0.2, 0.25) is 0 Å². The highest BCUT2D eigenvalue weighted by Crippen LogP contribution is 2.19. The average Bonchev–Trinajstić information content (AvgIpc) is 2.43. The van der Waals surface area contributed by atoms with Gasteiger partial charge in [0.05, 0.1) is 0 Å². The Balaban J connectivity index is 2.78. The molecule has 0 saturated heterocycles. The summed E-state index contributed by atoms with van der Waals surface area (Å²) in [6.07, 6.45) is 0. The maximum absolute atomic E-state index is 12.6. The van der Waals surface area contributed by atoms with Gasteiger partial charge in [-0.1, -0.05) is 28.1 Å². The fraction of sp³-hybridized carbons (Fsp3) is 0.214. The minimum absolute atomic E-state index is 0.0153. The summed E-state index contributed by atoms with van der Waals surface area (Å²) in [6, 6.07) is 6.87. The molecule has 0 spiro atoms. The third kappa shape index (κ3) is 2.16. The molecule has 0 unspecified atom stereocenters. The van der Waals surface area contributed by atoms with Crippen LogP contribution in [-0.4, -0.2) is 14.9 Å². The van der Waals surface area contributed by atoms with Crippen molar-refractivity contribution in [3.8, 4) is 0 Å². The molecule has 0 aliphatic heterocycles. The molecule has 0 N–H and O–H groups in total. The molecule has 0 aliphatic carbocycles. The van der Waals surface area contributed by atoms with Gasteiger partial charge in [0, 0.05) is 29.8 Å². The minimum atomic E-state index is -0.577. The number of hydrogen-bond acceptors (Lipinski definition) is 3. The normalized spacial score (nSPS) is 10.6. The van der Waals surface area contributed by atoms with Gasteiger partial charge in [-0.3, -0.25) is 14.2 Å². The van der Waals surface area contributed by atoms with Crippen LogP contribution >= 0.6 is 15.9 Å². The summed E-state index contributed by atoms with van der Waals surface area (Å²) in [5.41, 5.74) is -0.255. The van der Waals surface area contributed by atoms with E-state index in [1.54, 1.807) is 31.2 Å². The predicted octanol–water partition coefficient (Wildman–Crippen LogP) is 1.39. The summed E-state index contributed by atoms with van der Waals surface area (Å²) < 4.78 is 2.85. The van der Waals surface area contributed by atoms with Gasteiger partial charge in [0.1, 0.15) is 5.56 Å². The van der Waals surface area contributed by atoms with Crippen LogP contribution in [0.3, 0.4) is 0 Å². The van der Waals surface area contributed by atoms with E-state index in [1.807, 2.05) is 0 Å². The lowest BCUT2D eigenvalue weighted by molar-refractivity contribution is 0.103. The number of halogens is 1. The summed E-state index contributed by atoms with van der Waals surface area (Å²) in [5, 5.41) is 0. The molecule has 1 aromatic heterocycles. The minimum Gasteiger partial charge on any atom is -0.300 e. The predicted molar refractivity (Wildman–Crippen MR) is 79.2 cm³/mol. The first kappa shape index (κ1) is 14.5. The number of ketones is 1. The lowest BCUT2D eigenvalue weighted by Crippen LogP contribution is -2.41. The highest BCUT2D eigenvalue weighted by atomic mass is 79.9. The highest BCUT2D eigenvalue weighted by molar-refractivity contribution is 9.10. The maximum atomic E-state index is 12.6. The Morgan fingerprint density at radius 2 is 1.70 bits per heavy atom. The van der Waals surface area contributed by atoms with Gasteiger partial charge in [0.25, 0.3) is 5.56 Å². The van der Waals surface area contributed by atoms with Crippen LogP contribution in [0.5, 0.6) is 0 Å². The second-order valence-corrected chi connectivity index (χ2v) is 5.33. The van der Waals surface area contributed by atoms with E-state index in [1.165, 1.54) is 18.7 Å². The molecule has 0 amide bonds. The fourth-order valence-corrected chi connectivity index (χ4v) is 2.45. The lowest BCUT2D eigenvalue weighted by Gasteiger charge is -2.11. The van der Waals surface area contributed by atoms with E-state index in [-0.39, 0.29) is 5.56 Å². The van der Waals surface area contributed by atoms with Crippen molar-refractivity contribution in [1.29, 1.82) is 0 Å². The fourth-order valence-electron chi connectivity index (χ4n) is 1.99. The number of nitrogens with zero attached hydrogens (tertiary/aromatic N) is 2. The molecule has 0 bridgehead atoms. The van der Waals surface area contributed by atoms with Crippen LogP contribution < -0.4 is 11.2 Å². The van der Waals surface area contributed by atoms with Crippen LogP contribution in [0.4, 0.5) is 0 Å². The van der Waals surface area contributed by atoms with E-state index in [4.69, 9.17) is 0 Å². The smallest absolute Gasteiger partial charge is 0.300 e. The van der Waals surface area contributed by atoms with Crippen LogP contribution in [0.15, 0.2) is 38.3 Å². The van der Waals surface area contributed by atoms with Crippen molar-refractivity contribution >= 4 is 21.7 Å². The Morgan fingerprint density at radius 3 is 2.30 bits per heavy atom. The van der Waals surface area contributed by atoms with Crippen molar-refractivity contribution in [3.05, 3.63) is 66.4 Å². The van der Waals surface area contributed by atoms with Crippen molar-refractivity contribution in [1.82, 2.24) is 9.13 Å². The van der Waals surface area contributed by atoms with Crippen LogP contribution in [-0.2, 0) is 14.1 Å². The zero-order valence-electron chi connectivity index (χ0n) is 11.3. The van der Waals surface area contributed by atoms with E-state index in [0.29, 0.717) is 15.7 Å². The topological polar surface area (TPSA) is 61.1 Å². The summed E-state index contributed by atoms with van der Waals surface area (Å²) in [7, 11) is 2.90. The number of carbonyl (C=O) groups is 1. The molecule has 0 atom stereocenters. The molecule has 2 aromatic rings. The number of benzene rings is 1. The van der Waals surface area contributed by atoms with E-state index in [2.05, 4.69) is 15.9 Å². The van der Waals surface area contributed by atoms with Crippen molar-refractivity contribution in [2.45, 2.75) is 6.92 Å². The molecule has 20 heavy (non-hydrogen) atoms. The summed E-state index contributed by atoms with van der Waals surface area (Å²) >= 11 is 3.30. The van der Waals surface area contributed by atoms with Gasteiger partial charge in [-0.2, -0.15) is 0 Å². The third-order valence-electron chi connectivity index (χ3n) is 3.30. The summed E-state index contributed by atoms with van der Waals surface area (Å²) in [4.78, 5) is 36.6. The van der Waals surface area contributed by atoms with Gasteiger partial charge in [0.2, 0.25) is 5.78 Å². The molecule has 5 nitrogen and oxygen atoms in total. The van der Waals surface area contributed by atoms with Gasteiger partial charge in [-0.05, 0) is 19.1 Å². The van der Waals surface area contributed by atoms with Crippen molar-refractivity contribution in [2.24, 2.45) is 14.1 Å². The van der Waals surface area contributed by atoms with Gasteiger partial charge < -0.3 is 4.57 Å². The Kier molecular flexibility index (Phi) is 3.76. The lowest BCUT2D eigenvalue weighted by atomic mass is 10.0. The summed E-state index contributed by atoms with van der Waals surface area (Å²) in [6.45, 7) is 1.59. The second-order valence-electron chi connectivity index (χ2n) is 4.48. The molecule has 6 heteroatoms. The zero-order chi connectivity index (χ0) is 15.0. The van der Waals surface area contributed by atoms with E-state index >= 15 is 0 Å². The first-order valence-corrected chi connectivity index (χ1v) is 6.71. The number of hydrogen-bond donors (Lipinski definition) is 0. The standard InChI is InChI=1S/C14H13BrN2O3/c1-8-11(13(19)17(3)14(20)16(8)2)12(18)9-6-4-5-7-10(9)15/h4-7H,1-3H3. The van der Waals surface area contributed by atoms with E-state index < -0.39 is 17.0 Å². The Hall–Kier alpha value is -1.95. The monoisotopic (exact) mass is 336 g/mol. The van der Waals surface area contributed by atoms with Gasteiger partial charge in [0.15, 0.2) is 0 Å². The van der Waals surface area contributed by atoms with E-state index in [9.17, 15) is 14.4 Å². The molecular weight excluding hydrogens is 324 g/mol. The third-order valence-corrected chi connectivity index (χ3v) is 3.99. The quantitative estimate of drug-likeness (QED) is 0.778. The average molecular weight is 337 g/mol. The molecule has 104 valence electrons. The first-order chi connectivity index (χ1) is 9.36. The van der Waals surface area contributed by atoms with Crippen LogP contribution in [0.1, 0.15) is 21.6 Å². The molecule has 0 aliphatic rings. The van der Waals surface area contributed by atoms with Crippen molar-refractivity contribution in [3.63, 3.8) is 0 Å². The molecule has 1 heterocycles. The Bertz CT molecular complexity index is 818. The van der Waals surface area contributed by atoms with Crippen LogP contribution in [0, 0.1) is 6.92 Å². The van der Waals surface area contributed by atoms with Crippen molar-refractivity contribution in [2.75, 3.05) is 0 Å². The molecule has 1 aromatic carbocycles. The molecule has 0 radical (unpaired) electrons. The second kappa shape index (κ2) is 5.20. The molecule has 0 fully saturated rings. The first-order valence-electron chi connectivity index (χ1n) is 5.92. The maximum Gasteiger partial charge on any atom is 0.330 e. The number of carbonyl (C=O) groups excluding carboxylic acids is 1. The van der Waals surface area contributed by atoms with Crippen molar-refractivity contribution < 1.29 is 4.79 Å². The van der Waals surface area contributed by atoms with Crippen LogP contribution in [0.25, 0.3) is 0 Å². The zero-order valence-corrected chi connectivity index (χ0v) is 12.9. The number of rotatable bonds is 2. The SMILES string of the molecule is Cc1c(C(=O)c2ccccc2Br)c(=O)n(C)c(=O)n1C. The van der Waals surface area contributed by atoms with Gasteiger partial charge in [-0.15, -0.1) is 0 Å².